The van der Waals surface area contributed by atoms with Crippen molar-refractivity contribution in [3.63, 3.8) is 0 Å². The molecule has 0 aromatic rings. The smallest absolute Gasteiger partial charge is 0.333 e. The molecule has 0 aromatic carbocycles. The summed E-state index contributed by atoms with van der Waals surface area (Å²) in [5.74, 6) is -0.445. The lowest BCUT2D eigenvalue weighted by Crippen LogP contribution is -2.06. The van der Waals surface area contributed by atoms with E-state index < -0.39 is 5.97 Å². The molecule has 0 atom stereocenters. The molecule has 0 aromatic heterocycles. The summed E-state index contributed by atoms with van der Waals surface area (Å²) in [7, 11) is 0. The van der Waals surface area contributed by atoms with Crippen LogP contribution in [0.15, 0.2) is 23.8 Å². The summed E-state index contributed by atoms with van der Waals surface area (Å²) in [5.41, 5.74) is 0.760. The summed E-state index contributed by atoms with van der Waals surface area (Å²) in [6.07, 6.45) is 2.23. The molecular formula is C12H18Cl2O4. The maximum absolute atomic E-state index is 10.5. The summed E-state index contributed by atoms with van der Waals surface area (Å²) < 4.78 is 4.58. The minimum absolute atomic E-state index is 0.257. The highest BCUT2D eigenvalue weighted by Gasteiger charge is 1.99. The van der Waals surface area contributed by atoms with Gasteiger partial charge in [0.1, 0.15) is 6.61 Å². The fourth-order valence-electron chi connectivity index (χ4n) is 0.613. The van der Waals surface area contributed by atoms with E-state index in [0.717, 1.165) is 0 Å². The Balaban J connectivity index is 0. The van der Waals surface area contributed by atoms with E-state index in [2.05, 4.69) is 11.3 Å². The first kappa shape index (κ1) is 19.3. The molecule has 18 heavy (non-hydrogen) atoms. The zero-order chi connectivity index (χ0) is 14.6. The lowest BCUT2D eigenvalue weighted by Gasteiger charge is -1.98. The molecule has 0 amide bonds. The molecule has 1 N–H and O–H groups in total. The third-order valence-corrected chi connectivity index (χ3v) is 1.93. The predicted molar refractivity (Wildman–Crippen MR) is 73.2 cm³/mol. The van der Waals surface area contributed by atoms with Crippen LogP contribution < -0.4 is 0 Å². The van der Waals surface area contributed by atoms with Crippen LogP contribution in [0.2, 0.25) is 0 Å². The second-order valence-corrected chi connectivity index (χ2v) is 4.03. The average Bonchev–Trinajstić information content (AvgIpc) is 2.33. The quantitative estimate of drug-likeness (QED) is 0.465. The van der Waals surface area contributed by atoms with Crippen LogP contribution in [0.3, 0.4) is 0 Å². The second kappa shape index (κ2) is 12.5. The van der Waals surface area contributed by atoms with Gasteiger partial charge in [0.15, 0.2) is 0 Å². The monoisotopic (exact) mass is 296 g/mol. The van der Waals surface area contributed by atoms with E-state index in [1.807, 2.05) is 0 Å². The number of esters is 1. The van der Waals surface area contributed by atoms with E-state index in [0.29, 0.717) is 29.3 Å². The Morgan fingerprint density at radius 2 is 1.83 bits per heavy atom. The number of hydrogen-bond acceptors (Lipinski definition) is 3. The van der Waals surface area contributed by atoms with E-state index in [1.165, 1.54) is 0 Å². The van der Waals surface area contributed by atoms with E-state index >= 15 is 0 Å². The Bertz CT molecular complexity index is 311. The summed E-state index contributed by atoms with van der Waals surface area (Å²) in [6.45, 7) is 6.79. The molecule has 0 aliphatic heterocycles. The molecule has 0 rings (SSSR count). The standard InChI is InChI=1S/2C6H9ClO2/c1-5(2)6(8)9-4-3-7;1-5(6(8)9)3-2-4-7/h1,3-4H2,2H3;3H,2,4H2,1H3,(H,8,9). The molecule has 0 bridgehead atoms. The molecule has 0 spiro atoms. The molecule has 104 valence electrons. The van der Waals surface area contributed by atoms with Gasteiger partial charge in [0, 0.05) is 17.0 Å². The van der Waals surface area contributed by atoms with Gasteiger partial charge in [-0.05, 0) is 20.3 Å². The lowest BCUT2D eigenvalue weighted by atomic mass is 10.2. The number of ether oxygens (including phenoxy) is 1. The first-order chi connectivity index (χ1) is 8.36. The van der Waals surface area contributed by atoms with Crippen molar-refractivity contribution in [2.75, 3.05) is 18.4 Å². The number of rotatable bonds is 6. The third kappa shape index (κ3) is 13.1. The van der Waals surface area contributed by atoms with Gasteiger partial charge >= 0.3 is 11.9 Å². The van der Waals surface area contributed by atoms with Crippen molar-refractivity contribution in [1.29, 1.82) is 0 Å². The Morgan fingerprint density at radius 1 is 1.28 bits per heavy atom. The maximum atomic E-state index is 10.5. The van der Waals surface area contributed by atoms with E-state index in [4.69, 9.17) is 28.3 Å². The zero-order valence-electron chi connectivity index (χ0n) is 10.5. The lowest BCUT2D eigenvalue weighted by molar-refractivity contribution is -0.138. The number of carboxylic acid groups (broad SMARTS) is 1. The first-order valence-corrected chi connectivity index (χ1v) is 6.28. The normalized spacial score (nSPS) is 10.1. The number of halogens is 2. The third-order valence-electron chi connectivity index (χ3n) is 1.56. The highest BCUT2D eigenvalue weighted by atomic mass is 35.5. The van der Waals surface area contributed by atoms with Crippen LogP contribution in [0.1, 0.15) is 20.3 Å². The number of allylic oxidation sites excluding steroid dienone is 1. The van der Waals surface area contributed by atoms with Crippen LogP contribution in [-0.2, 0) is 14.3 Å². The minimum Gasteiger partial charge on any atom is -0.478 e. The maximum Gasteiger partial charge on any atom is 0.333 e. The van der Waals surface area contributed by atoms with Crippen LogP contribution in [0.25, 0.3) is 0 Å². The van der Waals surface area contributed by atoms with Gasteiger partial charge in [-0.25, -0.2) is 9.59 Å². The fourth-order valence-corrected chi connectivity index (χ4v) is 0.799. The molecule has 0 heterocycles. The molecule has 6 heteroatoms. The van der Waals surface area contributed by atoms with Crippen molar-refractivity contribution < 1.29 is 19.4 Å². The van der Waals surface area contributed by atoms with Crippen molar-refractivity contribution in [3.05, 3.63) is 23.8 Å². The number of carbonyl (C=O) groups is 2. The molecule has 4 nitrogen and oxygen atoms in total. The van der Waals surface area contributed by atoms with Gasteiger partial charge in [-0.2, -0.15) is 0 Å². The summed E-state index contributed by atoms with van der Waals surface area (Å²) in [4.78, 5) is 20.6. The van der Waals surface area contributed by atoms with Crippen molar-refractivity contribution >= 4 is 35.1 Å². The topological polar surface area (TPSA) is 63.6 Å². The largest absolute Gasteiger partial charge is 0.478 e. The zero-order valence-corrected chi connectivity index (χ0v) is 12.1. The number of alkyl halides is 2. The Morgan fingerprint density at radius 3 is 2.17 bits per heavy atom. The van der Waals surface area contributed by atoms with Crippen LogP contribution in [0.5, 0.6) is 0 Å². The Hall–Kier alpha value is -1.00. The number of aliphatic carboxylic acids is 1. The van der Waals surface area contributed by atoms with Crippen molar-refractivity contribution in [1.82, 2.24) is 0 Å². The number of carbonyl (C=O) groups excluding carboxylic acids is 1. The minimum atomic E-state index is -0.875. The molecule has 0 fully saturated rings. The van der Waals surface area contributed by atoms with Crippen LogP contribution in [-0.4, -0.2) is 35.4 Å². The molecule has 0 radical (unpaired) electrons. The molecule has 0 aliphatic rings. The van der Waals surface area contributed by atoms with Gasteiger partial charge in [0.2, 0.25) is 0 Å². The van der Waals surface area contributed by atoms with E-state index in [1.54, 1.807) is 19.9 Å². The van der Waals surface area contributed by atoms with Gasteiger partial charge < -0.3 is 9.84 Å². The van der Waals surface area contributed by atoms with Gasteiger partial charge in [0.25, 0.3) is 0 Å². The molecule has 0 aliphatic carbocycles. The molecule has 0 unspecified atom stereocenters. The number of carboxylic acids is 1. The fraction of sp³-hybridized carbons (Fsp3) is 0.500. The van der Waals surface area contributed by atoms with Crippen molar-refractivity contribution in [3.8, 4) is 0 Å². The highest BCUT2D eigenvalue weighted by Crippen LogP contribution is 1.95. The Labute approximate surface area is 117 Å². The first-order valence-electron chi connectivity index (χ1n) is 5.21. The second-order valence-electron chi connectivity index (χ2n) is 3.28. The summed E-state index contributed by atoms with van der Waals surface area (Å²) in [5, 5.41) is 8.30. The Kier molecular flexibility index (Phi) is 13.4. The van der Waals surface area contributed by atoms with Crippen LogP contribution in [0.4, 0.5) is 0 Å². The molecule has 0 saturated heterocycles. The van der Waals surface area contributed by atoms with Gasteiger partial charge in [0.05, 0.1) is 5.88 Å². The van der Waals surface area contributed by atoms with Crippen molar-refractivity contribution in [2.45, 2.75) is 20.3 Å². The average molecular weight is 297 g/mol. The molecular weight excluding hydrogens is 279 g/mol. The molecule has 0 saturated carbocycles. The summed E-state index contributed by atoms with van der Waals surface area (Å²) >= 11 is 10.6. The van der Waals surface area contributed by atoms with Gasteiger partial charge in [-0.3, -0.25) is 0 Å². The predicted octanol–water partition coefficient (Wildman–Crippen LogP) is 2.99. The van der Waals surface area contributed by atoms with Crippen molar-refractivity contribution in [2.24, 2.45) is 0 Å². The summed E-state index contributed by atoms with van der Waals surface area (Å²) in [6, 6.07) is 0. The van der Waals surface area contributed by atoms with Crippen LogP contribution in [0, 0.1) is 0 Å². The SMILES string of the molecule is C=C(C)C(=O)OCCCl.CC(=CCCCl)C(=O)O. The highest BCUT2D eigenvalue weighted by molar-refractivity contribution is 6.18. The van der Waals surface area contributed by atoms with E-state index in [-0.39, 0.29) is 12.6 Å². The van der Waals surface area contributed by atoms with E-state index in [9.17, 15) is 9.59 Å². The van der Waals surface area contributed by atoms with Gasteiger partial charge in [-0.1, -0.05) is 12.7 Å². The van der Waals surface area contributed by atoms with Crippen LogP contribution >= 0.6 is 23.2 Å². The number of hydrogen-bond donors (Lipinski definition) is 1. The van der Waals surface area contributed by atoms with Gasteiger partial charge in [-0.15, -0.1) is 23.2 Å².